The van der Waals surface area contributed by atoms with Crippen LogP contribution in [0.1, 0.15) is 57.2 Å². The lowest BCUT2D eigenvalue weighted by atomic mass is 10.0. The highest BCUT2D eigenvalue weighted by Gasteiger charge is 2.09. The molecule has 114 valence electrons. The average Bonchev–Trinajstić information content (AvgIpc) is 2.46. The maximum atomic E-state index is 11.8. The predicted octanol–water partition coefficient (Wildman–Crippen LogP) is 3.03. The third kappa shape index (κ3) is 6.97. The van der Waals surface area contributed by atoms with Crippen LogP contribution >= 0.6 is 0 Å². The number of aliphatic hydroxyl groups is 1. The van der Waals surface area contributed by atoms with E-state index in [2.05, 4.69) is 31.0 Å². The highest BCUT2D eigenvalue weighted by atomic mass is 16.2. The van der Waals surface area contributed by atoms with Gasteiger partial charge in [-0.15, -0.1) is 0 Å². The van der Waals surface area contributed by atoms with E-state index in [-0.39, 0.29) is 18.6 Å². The molecule has 0 spiro atoms. The number of carbonyl (C=O) groups excluding carboxylic acids is 1. The van der Waals surface area contributed by atoms with Crippen molar-refractivity contribution in [3.05, 3.63) is 35.4 Å². The Morgan fingerprint density at radius 2 is 1.90 bits per heavy atom. The van der Waals surface area contributed by atoms with E-state index in [0.29, 0.717) is 18.8 Å². The van der Waals surface area contributed by atoms with E-state index in [0.717, 1.165) is 17.5 Å². The minimum atomic E-state index is 0.00381. The molecule has 1 amide bonds. The SMILES string of the molecule is CC(C)CCC(=O)NC(C)c1ccc(C#CCCO)cc1. The van der Waals surface area contributed by atoms with Crippen LogP contribution in [-0.2, 0) is 4.79 Å². The molecule has 0 heterocycles. The number of hydrogen-bond acceptors (Lipinski definition) is 2. The fraction of sp³-hybridized carbons (Fsp3) is 0.500. The molecular formula is C18H25NO2. The number of carbonyl (C=O) groups is 1. The van der Waals surface area contributed by atoms with Crippen LogP contribution in [0.4, 0.5) is 0 Å². The Morgan fingerprint density at radius 3 is 2.48 bits per heavy atom. The van der Waals surface area contributed by atoms with Gasteiger partial charge in [0, 0.05) is 18.4 Å². The van der Waals surface area contributed by atoms with Gasteiger partial charge in [0.05, 0.1) is 12.6 Å². The first-order chi connectivity index (χ1) is 10.0. The molecule has 2 N–H and O–H groups in total. The molecule has 1 aromatic carbocycles. The second-order valence-corrected chi connectivity index (χ2v) is 5.62. The maximum Gasteiger partial charge on any atom is 0.220 e. The fourth-order valence-electron chi connectivity index (χ4n) is 1.89. The number of rotatable bonds is 6. The van der Waals surface area contributed by atoms with Crippen LogP contribution in [0.25, 0.3) is 0 Å². The molecule has 1 unspecified atom stereocenters. The van der Waals surface area contributed by atoms with Crippen LogP contribution in [0.3, 0.4) is 0 Å². The minimum absolute atomic E-state index is 0.00381. The Bertz CT molecular complexity index is 494. The monoisotopic (exact) mass is 287 g/mol. The summed E-state index contributed by atoms with van der Waals surface area (Å²) >= 11 is 0. The van der Waals surface area contributed by atoms with Crippen molar-refractivity contribution in [2.24, 2.45) is 5.92 Å². The summed E-state index contributed by atoms with van der Waals surface area (Å²) in [4.78, 5) is 11.8. The molecule has 1 aromatic rings. The summed E-state index contributed by atoms with van der Waals surface area (Å²) in [5.41, 5.74) is 1.99. The lowest BCUT2D eigenvalue weighted by Crippen LogP contribution is -2.26. The van der Waals surface area contributed by atoms with Gasteiger partial charge in [-0.3, -0.25) is 4.79 Å². The molecular weight excluding hydrogens is 262 g/mol. The summed E-state index contributed by atoms with van der Waals surface area (Å²) in [7, 11) is 0. The van der Waals surface area contributed by atoms with Crippen LogP contribution in [-0.4, -0.2) is 17.6 Å². The number of aliphatic hydroxyl groups excluding tert-OH is 1. The molecule has 0 aliphatic rings. The van der Waals surface area contributed by atoms with Crippen LogP contribution in [0.15, 0.2) is 24.3 Å². The molecule has 0 fully saturated rings. The second-order valence-electron chi connectivity index (χ2n) is 5.62. The third-order valence-electron chi connectivity index (χ3n) is 3.21. The molecule has 0 aromatic heterocycles. The molecule has 1 rings (SSSR count). The molecule has 1 atom stereocenters. The quantitative estimate of drug-likeness (QED) is 0.790. The van der Waals surface area contributed by atoms with Crippen molar-refractivity contribution in [2.75, 3.05) is 6.61 Å². The van der Waals surface area contributed by atoms with Gasteiger partial charge in [0.15, 0.2) is 0 Å². The normalized spacial score (nSPS) is 11.7. The molecule has 3 heteroatoms. The van der Waals surface area contributed by atoms with Crippen LogP contribution in [0.5, 0.6) is 0 Å². The van der Waals surface area contributed by atoms with Crippen molar-refractivity contribution in [1.82, 2.24) is 5.32 Å². The summed E-state index contributed by atoms with van der Waals surface area (Å²) in [6.45, 7) is 6.31. The van der Waals surface area contributed by atoms with Crippen molar-refractivity contribution < 1.29 is 9.90 Å². The molecule has 0 aliphatic carbocycles. The van der Waals surface area contributed by atoms with E-state index in [1.807, 2.05) is 31.2 Å². The van der Waals surface area contributed by atoms with Crippen LogP contribution < -0.4 is 5.32 Å². The van der Waals surface area contributed by atoms with Crippen molar-refractivity contribution in [3.8, 4) is 11.8 Å². The molecule has 21 heavy (non-hydrogen) atoms. The standard InChI is InChI=1S/C18H25NO2/c1-14(2)7-12-18(21)19-15(3)17-10-8-16(9-11-17)6-4-5-13-20/h8-11,14-15,20H,5,7,12-13H2,1-3H3,(H,19,21). The van der Waals surface area contributed by atoms with E-state index in [1.165, 1.54) is 0 Å². The van der Waals surface area contributed by atoms with Gasteiger partial charge < -0.3 is 10.4 Å². The highest BCUT2D eigenvalue weighted by molar-refractivity contribution is 5.76. The number of nitrogens with one attached hydrogen (secondary N) is 1. The van der Waals surface area contributed by atoms with Gasteiger partial charge in [-0.1, -0.05) is 37.8 Å². The largest absolute Gasteiger partial charge is 0.395 e. The Balaban J connectivity index is 2.53. The van der Waals surface area contributed by atoms with Crippen molar-refractivity contribution >= 4 is 5.91 Å². The smallest absolute Gasteiger partial charge is 0.220 e. The first kappa shape index (κ1) is 17.3. The van der Waals surface area contributed by atoms with Gasteiger partial charge in [0.1, 0.15) is 0 Å². The van der Waals surface area contributed by atoms with Crippen molar-refractivity contribution in [2.45, 2.75) is 46.1 Å². The summed E-state index contributed by atoms with van der Waals surface area (Å²) in [5, 5.41) is 11.7. The van der Waals surface area contributed by atoms with E-state index in [4.69, 9.17) is 5.11 Å². The van der Waals surface area contributed by atoms with Gasteiger partial charge in [-0.05, 0) is 37.0 Å². The molecule has 3 nitrogen and oxygen atoms in total. The Hall–Kier alpha value is -1.79. The highest BCUT2D eigenvalue weighted by Crippen LogP contribution is 2.14. The zero-order chi connectivity index (χ0) is 15.7. The summed E-state index contributed by atoms with van der Waals surface area (Å²) < 4.78 is 0. The first-order valence-corrected chi connectivity index (χ1v) is 7.52. The lowest BCUT2D eigenvalue weighted by molar-refractivity contribution is -0.122. The van der Waals surface area contributed by atoms with E-state index >= 15 is 0 Å². The molecule has 0 bridgehead atoms. The zero-order valence-corrected chi connectivity index (χ0v) is 13.1. The number of amides is 1. The molecule has 0 radical (unpaired) electrons. The number of benzene rings is 1. The topological polar surface area (TPSA) is 49.3 Å². The second kappa shape index (κ2) is 9.20. The van der Waals surface area contributed by atoms with E-state index in [9.17, 15) is 4.79 Å². The van der Waals surface area contributed by atoms with Gasteiger partial charge in [-0.25, -0.2) is 0 Å². The first-order valence-electron chi connectivity index (χ1n) is 7.52. The molecule has 0 saturated heterocycles. The van der Waals surface area contributed by atoms with Gasteiger partial charge in [0.25, 0.3) is 0 Å². The summed E-state index contributed by atoms with van der Waals surface area (Å²) in [6.07, 6.45) is 1.98. The fourth-order valence-corrected chi connectivity index (χ4v) is 1.89. The average molecular weight is 287 g/mol. The van der Waals surface area contributed by atoms with Gasteiger partial charge >= 0.3 is 0 Å². The van der Waals surface area contributed by atoms with E-state index in [1.54, 1.807) is 0 Å². The Kier molecular flexibility index (Phi) is 7.56. The Morgan fingerprint density at radius 1 is 1.24 bits per heavy atom. The minimum Gasteiger partial charge on any atom is -0.395 e. The Labute approximate surface area is 127 Å². The zero-order valence-electron chi connectivity index (χ0n) is 13.1. The lowest BCUT2D eigenvalue weighted by Gasteiger charge is -2.15. The molecule has 0 aliphatic heterocycles. The van der Waals surface area contributed by atoms with Crippen molar-refractivity contribution in [1.29, 1.82) is 0 Å². The number of hydrogen-bond donors (Lipinski definition) is 2. The van der Waals surface area contributed by atoms with Crippen molar-refractivity contribution in [3.63, 3.8) is 0 Å². The predicted molar refractivity (Wildman–Crippen MR) is 85.7 cm³/mol. The maximum absolute atomic E-state index is 11.8. The van der Waals surface area contributed by atoms with Crippen LogP contribution in [0.2, 0.25) is 0 Å². The molecule has 0 saturated carbocycles. The van der Waals surface area contributed by atoms with Gasteiger partial charge in [0.2, 0.25) is 5.91 Å². The van der Waals surface area contributed by atoms with E-state index < -0.39 is 0 Å². The third-order valence-corrected chi connectivity index (χ3v) is 3.21. The van der Waals surface area contributed by atoms with Gasteiger partial charge in [-0.2, -0.15) is 0 Å². The summed E-state index contributed by atoms with van der Waals surface area (Å²) in [6, 6.07) is 7.85. The van der Waals surface area contributed by atoms with Crippen LogP contribution in [0, 0.1) is 17.8 Å². The summed E-state index contributed by atoms with van der Waals surface area (Å²) in [5.74, 6) is 6.52.